The number of hydrogen-bond donors (Lipinski definition) is 1. The molecule has 18 heavy (non-hydrogen) atoms. The van der Waals surface area contributed by atoms with Gasteiger partial charge in [-0.1, -0.05) is 48.9 Å². The highest BCUT2D eigenvalue weighted by Gasteiger charge is 2.16. The Hall–Kier alpha value is -1.68. The van der Waals surface area contributed by atoms with Crippen LogP contribution in [0, 0.1) is 0 Å². The molecule has 0 aliphatic heterocycles. The normalized spacial score (nSPS) is 12.6. The second-order valence-electron chi connectivity index (χ2n) is 4.47. The first-order valence-electron chi connectivity index (χ1n) is 6.45. The number of nitrogens with zero attached hydrogens (tertiary/aromatic N) is 3. The maximum atomic E-state index is 5.72. The zero-order chi connectivity index (χ0) is 13.0. The molecule has 2 rings (SSSR count). The number of benzene rings is 1. The van der Waals surface area contributed by atoms with E-state index in [-0.39, 0.29) is 6.04 Å². The van der Waals surface area contributed by atoms with Gasteiger partial charge in [-0.3, -0.25) is 0 Å². The molecule has 0 spiro atoms. The monoisotopic (exact) mass is 244 g/mol. The van der Waals surface area contributed by atoms with Crippen LogP contribution in [0.3, 0.4) is 0 Å². The molecule has 0 aliphatic carbocycles. The Morgan fingerprint density at radius 3 is 2.61 bits per heavy atom. The Bertz CT molecular complexity index is 490. The third-order valence-electron chi connectivity index (χ3n) is 3.20. The minimum Gasteiger partial charge on any atom is -0.325 e. The summed E-state index contributed by atoms with van der Waals surface area (Å²) < 4.78 is 2.00. The lowest BCUT2D eigenvalue weighted by molar-refractivity contribution is 0.519. The molecule has 1 atom stereocenters. The fraction of sp³-hybridized carbons (Fsp3) is 0.429. The molecule has 0 saturated heterocycles. The van der Waals surface area contributed by atoms with Crippen LogP contribution < -0.4 is 5.73 Å². The van der Waals surface area contributed by atoms with E-state index in [9.17, 15) is 0 Å². The van der Waals surface area contributed by atoms with Gasteiger partial charge in [0.05, 0.1) is 17.4 Å². The third kappa shape index (κ3) is 2.43. The van der Waals surface area contributed by atoms with Crippen molar-refractivity contribution in [2.45, 2.75) is 39.3 Å². The highest BCUT2D eigenvalue weighted by molar-refractivity contribution is 5.21. The molecule has 4 heteroatoms. The molecular weight excluding hydrogens is 224 g/mol. The van der Waals surface area contributed by atoms with Crippen molar-refractivity contribution in [3.05, 3.63) is 47.3 Å². The van der Waals surface area contributed by atoms with Crippen molar-refractivity contribution >= 4 is 0 Å². The second-order valence-corrected chi connectivity index (χ2v) is 4.47. The fourth-order valence-electron chi connectivity index (χ4n) is 2.18. The number of hydrogen-bond acceptors (Lipinski definition) is 3. The van der Waals surface area contributed by atoms with Crippen LogP contribution in [-0.2, 0) is 13.0 Å². The first kappa shape index (κ1) is 12.8. The molecule has 2 N–H and O–H groups in total. The molecule has 2 aromatic rings. The molecule has 4 nitrogen and oxygen atoms in total. The summed E-state index contributed by atoms with van der Waals surface area (Å²) in [4.78, 5) is 0. The van der Waals surface area contributed by atoms with Crippen LogP contribution in [0.4, 0.5) is 0 Å². The van der Waals surface area contributed by atoms with Crippen LogP contribution in [0.25, 0.3) is 0 Å². The summed E-state index contributed by atoms with van der Waals surface area (Å²) in [6.07, 6.45) is 2.04. The first-order valence-corrected chi connectivity index (χ1v) is 6.45. The molecule has 0 radical (unpaired) electrons. The van der Waals surface area contributed by atoms with Crippen LogP contribution in [0.5, 0.6) is 0 Å². The smallest absolute Gasteiger partial charge is 0.0994 e. The SMILES string of the molecule is CCCc1c(CN)nnn1C(C)c1ccccc1. The largest absolute Gasteiger partial charge is 0.325 e. The summed E-state index contributed by atoms with van der Waals surface area (Å²) in [5.74, 6) is 0. The lowest BCUT2D eigenvalue weighted by Gasteiger charge is -2.15. The minimum absolute atomic E-state index is 0.195. The van der Waals surface area contributed by atoms with Crippen LogP contribution >= 0.6 is 0 Å². The minimum atomic E-state index is 0.195. The van der Waals surface area contributed by atoms with Gasteiger partial charge in [-0.2, -0.15) is 0 Å². The van der Waals surface area contributed by atoms with Crippen molar-refractivity contribution < 1.29 is 0 Å². The van der Waals surface area contributed by atoms with Crippen molar-refractivity contribution in [1.29, 1.82) is 0 Å². The predicted molar refractivity (Wildman–Crippen MR) is 72.2 cm³/mol. The van der Waals surface area contributed by atoms with Gasteiger partial charge in [-0.15, -0.1) is 5.10 Å². The third-order valence-corrected chi connectivity index (χ3v) is 3.20. The van der Waals surface area contributed by atoms with Gasteiger partial charge >= 0.3 is 0 Å². The van der Waals surface area contributed by atoms with E-state index in [1.165, 1.54) is 5.56 Å². The van der Waals surface area contributed by atoms with E-state index in [0.29, 0.717) is 6.54 Å². The van der Waals surface area contributed by atoms with E-state index in [2.05, 4.69) is 36.3 Å². The molecule has 96 valence electrons. The zero-order valence-electron chi connectivity index (χ0n) is 11.0. The average Bonchev–Trinajstić information content (AvgIpc) is 2.82. The summed E-state index contributed by atoms with van der Waals surface area (Å²) in [7, 11) is 0. The number of aromatic nitrogens is 3. The van der Waals surface area contributed by atoms with Crippen molar-refractivity contribution in [3.63, 3.8) is 0 Å². The quantitative estimate of drug-likeness (QED) is 0.878. The van der Waals surface area contributed by atoms with Crippen molar-refractivity contribution in [3.8, 4) is 0 Å². The molecule has 1 heterocycles. The standard InChI is InChI=1S/C14H20N4/c1-3-7-14-13(10-15)16-17-18(14)11(2)12-8-5-4-6-9-12/h4-6,8-9,11H,3,7,10,15H2,1-2H3. The van der Waals surface area contributed by atoms with Gasteiger partial charge in [-0.25, -0.2) is 4.68 Å². The molecule has 1 aromatic carbocycles. The van der Waals surface area contributed by atoms with Gasteiger partial charge in [0.1, 0.15) is 0 Å². The van der Waals surface area contributed by atoms with Crippen molar-refractivity contribution in [1.82, 2.24) is 15.0 Å². The summed E-state index contributed by atoms with van der Waals surface area (Å²) in [5.41, 5.74) is 9.04. The van der Waals surface area contributed by atoms with E-state index in [4.69, 9.17) is 5.73 Å². The molecule has 0 aliphatic rings. The Kier molecular flexibility index (Phi) is 4.10. The molecule has 1 aromatic heterocycles. The predicted octanol–water partition coefficient (Wildman–Crippen LogP) is 2.30. The maximum absolute atomic E-state index is 5.72. The fourth-order valence-corrected chi connectivity index (χ4v) is 2.18. The van der Waals surface area contributed by atoms with E-state index in [1.807, 2.05) is 22.9 Å². The summed E-state index contributed by atoms with van der Waals surface area (Å²) >= 11 is 0. The molecule has 0 saturated carbocycles. The van der Waals surface area contributed by atoms with E-state index >= 15 is 0 Å². The van der Waals surface area contributed by atoms with Crippen molar-refractivity contribution in [2.75, 3.05) is 0 Å². The first-order chi connectivity index (χ1) is 8.77. The average molecular weight is 244 g/mol. The summed E-state index contributed by atoms with van der Waals surface area (Å²) in [6.45, 7) is 4.76. The van der Waals surface area contributed by atoms with Crippen LogP contribution in [-0.4, -0.2) is 15.0 Å². The van der Waals surface area contributed by atoms with Gasteiger partial charge in [0.2, 0.25) is 0 Å². The van der Waals surface area contributed by atoms with Gasteiger partial charge in [-0.05, 0) is 18.9 Å². The summed E-state index contributed by atoms with van der Waals surface area (Å²) in [6, 6.07) is 10.5. The van der Waals surface area contributed by atoms with Crippen molar-refractivity contribution in [2.24, 2.45) is 5.73 Å². The Morgan fingerprint density at radius 2 is 2.00 bits per heavy atom. The van der Waals surface area contributed by atoms with E-state index in [1.54, 1.807) is 0 Å². The Balaban J connectivity index is 2.35. The lowest BCUT2D eigenvalue weighted by atomic mass is 10.1. The molecule has 0 fully saturated rings. The molecule has 0 bridgehead atoms. The zero-order valence-corrected chi connectivity index (χ0v) is 11.0. The van der Waals surface area contributed by atoms with Gasteiger partial charge in [0.25, 0.3) is 0 Å². The maximum Gasteiger partial charge on any atom is 0.0994 e. The van der Waals surface area contributed by atoms with Crippen LogP contribution in [0.2, 0.25) is 0 Å². The van der Waals surface area contributed by atoms with Gasteiger partial charge in [0, 0.05) is 6.54 Å². The second kappa shape index (κ2) is 5.78. The highest BCUT2D eigenvalue weighted by Crippen LogP contribution is 2.20. The Labute approximate surface area is 108 Å². The summed E-state index contributed by atoms with van der Waals surface area (Å²) in [5, 5.41) is 8.46. The van der Waals surface area contributed by atoms with E-state index in [0.717, 1.165) is 24.2 Å². The molecule has 1 unspecified atom stereocenters. The molecular formula is C14H20N4. The van der Waals surface area contributed by atoms with Gasteiger partial charge < -0.3 is 5.73 Å². The molecule has 0 amide bonds. The van der Waals surface area contributed by atoms with Crippen LogP contribution in [0.15, 0.2) is 30.3 Å². The Morgan fingerprint density at radius 1 is 1.28 bits per heavy atom. The lowest BCUT2D eigenvalue weighted by Crippen LogP contribution is -2.13. The van der Waals surface area contributed by atoms with Crippen LogP contribution in [0.1, 0.15) is 43.3 Å². The van der Waals surface area contributed by atoms with Gasteiger partial charge in [0.15, 0.2) is 0 Å². The number of rotatable bonds is 5. The topological polar surface area (TPSA) is 56.7 Å². The highest BCUT2D eigenvalue weighted by atomic mass is 15.4. The number of nitrogens with two attached hydrogens (primary N) is 1. The van der Waals surface area contributed by atoms with E-state index < -0.39 is 0 Å².